The number of rotatable bonds is 8. The number of anilines is 1. The molecule has 0 saturated heterocycles. The van der Waals surface area contributed by atoms with Crippen LogP contribution in [0.5, 0.6) is 0 Å². The van der Waals surface area contributed by atoms with Crippen LogP contribution >= 0.6 is 34.9 Å². The molecule has 7 nitrogen and oxygen atoms in total. The Balaban J connectivity index is 1.45. The number of hydrogen-bond donors (Lipinski definition) is 1. The molecule has 1 amide bonds. The van der Waals surface area contributed by atoms with Crippen molar-refractivity contribution in [1.82, 2.24) is 10.2 Å². The fourth-order valence-electron chi connectivity index (χ4n) is 2.01. The Morgan fingerprint density at radius 1 is 1.11 bits per heavy atom. The van der Waals surface area contributed by atoms with Crippen molar-refractivity contribution >= 4 is 51.6 Å². The van der Waals surface area contributed by atoms with Gasteiger partial charge >= 0.3 is 0 Å². The molecular weight excluding hydrogens is 423 g/mol. The second kappa shape index (κ2) is 9.62. The number of non-ortho nitro benzene ring substituents is 1. The average Bonchev–Trinajstić information content (AvgIpc) is 3.13. The van der Waals surface area contributed by atoms with Crippen LogP contribution in [-0.4, -0.2) is 26.8 Å². The van der Waals surface area contributed by atoms with Crippen LogP contribution in [0.25, 0.3) is 0 Å². The van der Waals surface area contributed by atoms with E-state index in [0.717, 1.165) is 10.5 Å². The van der Waals surface area contributed by atoms with E-state index in [1.807, 2.05) is 0 Å². The smallest absolute Gasteiger partial charge is 0.269 e. The number of nitro groups is 1. The van der Waals surface area contributed by atoms with Crippen molar-refractivity contribution in [2.24, 2.45) is 0 Å². The molecule has 0 fully saturated rings. The lowest BCUT2D eigenvalue weighted by atomic mass is 10.2. The number of nitro benzene ring substituents is 1. The molecule has 1 aromatic heterocycles. The Kier molecular flexibility index (Phi) is 6.95. The van der Waals surface area contributed by atoms with E-state index in [-0.39, 0.29) is 23.2 Å². The van der Waals surface area contributed by atoms with Gasteiger partial charge in [-0.05, 0) is 29.8 Å². The molecule has 2 aromatic carbocycles. The highest BCUT2D eigenvalue weighted by atomic mass is 32.2. The Morgan fingerprint density at radius 2 is 1.82 bits per heavy atom. The van der Waals surface area contributed by atoms with Crippen molar-refractivity contribution in [2.45, 2.75) is 15.0 Å². The third-order valence-corrected chi connectivity index (χ3v) is 6.40. The number of carbonyl (C=O) groups is 1. The highest BCUT2D eigenvalue weighted by Crippen LogP contribution is 2.28. The molecule has 0 saturated carbocycles. The number of aromatic nitrogens is 2. The van der Waals surface area contributed by atoms with Crippen LogP contribution < -0.4 is 5.32 Å². The van der Waals surface area contributed by atoms with Crippen LogP contribution in [0.2, 0.25) is 0 Å². The van der Waals surface area contributed by atoms with Crippen LogP contribution in [0, 0.1) is 15.9 Å². The summed E-state index contributed by atoms with van der Waals surface area (Å²) in [6.45, 7) is 0. The van der Waals surface area contributed by atoms with E-state index in [4.69, 9.17) is 0 Å². The monoisotopic (exact) mass is 436 g/mol. The number of carbonyl (C=O) groups excluding carboxylic acids is 1. The summed E-state index contributed by atoms with van der Waals surface area (Å²) in [6, 6.07) is 12.2. The fraction of sp³-hybridized carbons (Fsp3) is 0.118. The summed E-state index contributed by atoms with van der Waals surface area (Å²) in [5.41, 5.74) is 0.972. The van der Waals surface area contributed by atoms with Gasteiger partial charge in [0, 0.05) is 22.8 Å². The van der Waals surface area contributed by atoms with E-state index >= 15 is 0 Å². The zero-order valence-electron chi connectivity index (χ0n) is 14.2. The number of benzene rings is 2. The lowest BCUT2D eigenvalue weighted by Crippen LogP contribution is -2.13. The molecule has 3 rings (SSSR count). The molecule has 0 unspecified atom stereocenters. The molecule has 0 aliphatic rings. The number of nitrogens with one attached hydrogen (secondary N) is 1. The van der Waals surface area contributed by atoms with Crippen LogP contribution in [0.4, 0.5) is 15.2 Å². The maximum absolute atomic E-state index is 12.9. The maximum atomic E-state index is 12.9. The van der Waals surface area contributed by atoms with Gasteiger partial charge in [0.05, 0.1) is 10.7 Å². The first-order chi connectivity index (χ1) is 13.5. The van der Waals surface area contributed by atoms with Gasteiger partial charge in [-0.25, -0.2) is 4.39 Å². The first-order valence-corrected chi connectivity index (χ1v) is 10.7. The van der Waals surface area contributed by atoms with Gasteiger partial charge in [-0.1, -0.05) is 35.2 Å². The molecule has 144 valence electrons. The summed E-state index contributed by atoms with van der Waals surface area (Å²) in [4.78, 5) is 23.0. The van der Waals surface area contributed by atoms with E-state index < -0.39 is 4.92 Å². The topological polar surface area (TPSA) is 98.0 Å². The third-order valence-electron chi connectivity index (χ3n) is 3.35. The van der Waals surface area contributed by atoms with Gasteiger partial charge in [0.1, 0.15) is 5.82 Å². The van der Waals surface area contributed by atoms with E-state index in [9.17, 15) is 19.3 Å². The predicted molar refractivity (Wildman–Crippen MR) is 108 cm³/mol. The molecule has 0 aliphatic carbocycles. The quantitative estimate of drug-likeness (QED) is 0.238. The SMILES string of the molecule is O=C(CSc1ccc([N+](=O)[O-])cc1)Nc1nnc(SCc2ccc(F)cc2)s1. The average molecular weight is 437 g/mol. The van der Waals surface area contributed by atoms with Crippen LogP contribution in [-0.2, 0) is 10.5 Å². The zero-order valence-corrected chi connectivity index (χ0v) is 16.7. The van der Waals surface area contributed by atoms with Crippen molar-refractivity contribution in [1.29, 1.82) is 0 Å². The minimum absolute atomic E-state index is 0.00771. The first kappa shape index (κ1) is 20.2. The third kappa shape index (κ3) is 6.01. The maximum Gasteiger partial charge on any atom is 0.269 e. The molecule has 0 bridgehead atoms. The fourth-order valence-corrected chi connectivity index (χ4v) is 4.44. The summed E-state index contributed by atoms with van der Waals surface area (Å²) in [5.74, 6) is 0.254. The van der Waals surface area contributed by atoms with Crippen molar-refractivity contribution in [3.8, 4) is 0 Å². The lowest BCUT2D eigenvalue weighted by Gasteiger charge is -2.01. The summed E-state index contributed by atoms with van der Waals surface area (Å²) >= 11 is 3.98. The highest BCUT2D eigenvalue weighted by Gasteiger charge is 2.10. The number of hydrogen-bond acceptors (Lipinski definition) is 8. The number of thioether (sulfide) groups is 2. The molecule has 28 heavy (non-hydrogen) atoms. The van der Waals surface area contributed by atoms with Crippen LogP contribution in [0.1, 0.15) is 5.56 Å². The van der Waals surface area contributed by atoms with Gasteiger partial charge in [0.2, 0.25) is 11.0 Å². The Labute approximate surface area is 171 Å². The number of nitrogens with zero attached hydrogens (tertiary/aromatic N) is 3. The molecule has 0 aliphatic heterocycles. The molecule has 0 atom stereocenters. The predicted octanol–water partition coefficient (Wildman–Crippen LogP) is 4.61. The zero-order chi connectivity index (χ0) is 19.9. The van der Waals surface area contributed by atoms with E-state index in [2.05, 4.69) is 15.5 Å². The van der Waals surface area contributed by atoms with Crippen molar-refractivity contribution in [3.05, 3.63) is 70.0 Å². The van der Waals surface area contributed by atoms with Gasteiger partial charge in [-0.2, -0.15) is 0 Å². The molecule has 3 aromatic rings. The summed E-state index contributed by atoms with van der Waals surface area (Å²) in [5, 5.41) is 21.7. The standard InChI is InChI=1S/C17H13FN4O3S3/c18-12-3-1-11(2-4-12)9-27-17-21-20-16(28-17)19-15(23)10-26-14-7-5-13(6-8-14)22(24)25/h1-8H,9-10H2,(H,19,20,23). The largest absolute Gasteiger partial charge is 0.300 e. The first-order valence-electron chi connectivity index (χ1n) is 7.87. The van der Waals surface area contributed by atoms with Gasteiger partial charge in [0.15, 0.2) is 4.34 Å². The molecule has 1 heterocycles. The van der Waals surface area contributed by atoms with Crippen LogP contribution in [0.15, 0.2) is 57.8 Å². The van der Waals surface area contributed by atoms with Gasteiger partial charge in [-0.15, -0.1) is 22.0 Å². The molecule has 0 spiro atoms. The summed E-state index contributed by atoms with van der Waals surface area (Å²) in [6.07, 6.45) is 0. The molecule has 1 N–H and O–H groups in total. The van der Waals surface area contributed by atoms with E-state index in [1.54, 1.807) is 24.3 Å². The summed E-state index contributed by atoms with van der Waals surface area (Å²) in [7, 11) is 0. The van der Waals surface area contributed by atoms with Crippen molar-refractivity contribution in [2.75, 3.05) is 11.1 Å². The van der Waals surface area contributed by atoms with E-state index in [1.165, 1.54) is 59.1 Å². The molecule has 11 heteroatoms. The Morgan fingerprint density at radius 3 is 2.50 bits per heavy atom. The van der Waals surface area contributed by atoms with Crippen molar-refractivity contribution in [3.63, 3.8) is 0 Å². The van der Waals surface area contributed by atoms with Crippen molar-refractivity contribution < 1.29 is 14.1 Å². The number of amides is 1. The highest BCUT2D eigenvalue weighted by molar-refractivity contribution is 8.00. The van der Waals surface area contributed by atoms with Gasteiger partial charge < -0.3 is 0 Å². The molecular formula is C17H13FN4O3S3. The minimum atomic E-state index is -0.470. The lowest BCUT2D eigenvalue weighted by molar-refractivity contribution is -0.384. The molecule has 0 radical (unpaired) electrons. The minimum Gasteiger partial charge on any atom is -0.300 e. The Bertz CT molecular complexity index is 965. The van der Waals surface area contributed by atoms with Gasteiger partial charge in [-0.3, -0.25) is 20.2 Å². The normalized spacial score (nSPS) is 10.6. The van der Waals surface area contributed by atoms with Gasteiger partial charge in [0.25, 0.3) is 5.69 Å². The summed E-state index contributed by atoms with van der Waals surface area (Å²) < 4.78 is 13.6. The van der Waals surface area contributed by atoms with E-state index in [0.29, 0.717) is 15.2 Å². The van der Waals surface area contributed by atoms with Crippen LogP contribution in [0.3, 0.4) is 0 Å². The Hall–Kier alpha value is -2.50. The second-order valence-corrected chi connectivity index (χ2v) is 8.62. The number of halogens is 1. The second-order valence-electron chi connectivity index (χ2n) is 5.38.